The second-order valence-corrected chi connectivity index (χ2v) is 9.07. The molecule has 0 saturated heterocycles. The molecule has 36 heavy (non-hydrogen) atoms. The van der Waals surface area contributed by atoms with Gasteiger partial charge in [-0.05, 0) is 79.5 Å². The van der Waals surface area contributed by atoms with Gasteiger partial charge in [-0.1, -0.05) is 51.2 Å². The number of halogens is 5. The molecule has 1 fully saturated rings. The molecule has 198 valence electrons. The molecule has 0 amide bonds. The number of carbonyl (C=O) groups excluding carboxylic acids is 1. The number of hydrogen-bond donors (Lipinski definition) is 0. The summed E-state index contributed by atoms with van der Waals surface area (Å²) < 4.78 is 68.9. The number of ether oxygens (including phenoxy) is 1. The Bertz CT molecular complexity index is 953. The van der Waals surface area contributed by atoms with Crippen molar-refractivity contribution in [2.75, 3.05) is 6.67 Å². The van der Waals surface area contributed by atoms with Crippen LogP contribution in [0.1, 0.15) is 70.8 Å². The number of alkyl halides is 1. The van der Waals surface area contributed by atoms with Crippen molar-refractivity contribution in [1.29, 1.82) is 0 Å². The van der Waals surface area contributed by atoms with E-state index in [0.717, 1.165) is 12.3 Å². The molecule has 0 N–H and O–H groups in total. The van der Waals surface area contributed by atoms with Crippen molar-refractivity contribution in [1.82, 2.24) is 0 Å². The fourth-order valence-electron chi connectivity index (χ4n) is 4.52. The van der Waals surface area contributed by atoms with Crippen LogP contribution in [0.15, 0.2) is 48.6 Å². The van der Waals surface area contributed by atoms with Crippen LogP contribution in [0.3, 0.4) is 0 Å². The summed E-state index contributed by atoms with van der Waals surface area (Å²) >= 11 is 0. The third-order valence-electron chi connectivity index (χ3n) is 6.51. The van der Waals surface area contributed by atoms with Gasteiger partial charge in [-0.3, -0.25) is 9.18 Å². The second-order valence-electron chi connectivity index (χ2n) is 9.07. The molecule has 0 aliphatic heterocycles. The van der Waals surface area contributed by atoms with Crippen molar-refractivity contribution in [2.24, 2.45) is 11.8 Å². The average Bonchev–Trinajstić information content (AvgIpc) is 2.84. The molecular formula is C29H35F5O2. The van der Waals surface area contributed by atoms with Crippen LogP contribution in [-0.4, -0.2) is 12.6 Å². The molecule has 0 atom stereocenters. The Labute approximate surface area is 210 Å². The quantitative estimate of drug-likeness (QED) is 0.191. The third-order valence-corrected chi connectivity index (χ3v) is 6.51. The summed E-state index contributed by atoms with van der Waals surface area (Å²) in [6.45, 7) is 3.44. The van der Waals surface area contributed by atoms with E-state index in [0.29, 0.717) is 29.5 Å². The fraction of sp³-hybridized carbons (Fsp3) is 0.483. The number of esters is 1. The predicted molar refractivity (Wildman–Crippen MR) is 133 cm³/mol. The molecule has 0 aromatic heterocycles. The van der Waals surface area contributed by atoms with Gasteiger partial charge in [0.05, 0.1) is 12.2 Å². The molecule has 7 heteroatoms. The number of benzene rings is 2. The smallest absolute Gasteiger partial charge is 0.311 e. The van der Waals surface area contributed by atoms with E-state index in [1.165, 1.54) is 75.4 Å². The maximum atomic E-state index is 14.8. The Morgan fingerprint density at radius 3 is 2.06 bits per heavy atom. The van der Waals surface area contributed by atoms with Gasteiger partial charge in [0.25, 0.3) is 6.08 Å². The zero-order valence-corrected chi connectivity index (χ0v) is 21.0. The Kier molecular flexibility index (Phi) is 12.6. The monoisotopic (exact) mass is 510 g/mol. The molecule has 1 aliphatic carbocycles. The first-order valence-electron chi connectivity index (χ1n) is 12.6. The summed E-state index contributed by atoms with van der Waals surface area (Å²) in [6, 6.07) is 8.60. The van der Waals surface area contributed by atoms with E-state index in [-0.39, 0.29) is 30.8 Å². The fourth-order valence-corrected chi connectivity index (χ4v) is 4.52. The number of aryl methyl sites for hydroxylation is 1. The van der Waals surface area contributed by atoms with Gasteiger partial charge in [-0.2, -0.15) is 8.78 Å². The van der Waals surface area contributed by atoms with Gasteiger partial charge < -0.3 is 4.74 Å². The van der Waals surface area contributed by atoms with Crippen LogP contribution < -0.4 is 4.74 Å². The molecule has 1 saturated carbocycles. The first-order chi connectivity index (χ1) is 17.3. The highest BCUT2D eigenvalue weighted by Gasteiger charge is 2.20. The molecule has 0 radical (unpaired) electrons. The molecule has 2 aromatic carbocycles. The Morgan fingerprint density at radius 1 is 0.972 bits per heavy atom. The second kappa shape index (κ2) is 15.4. The Hall–Kier alpha value is -2.70. The largest absolute Gasteiger partial charge is 0.427 e. The predicted octanol–water partition coefficient (Wildman–Crippen LogP) is 9.22. The summed E-state index contributed by atoms with van der Waals surface area (Å²) in [5.41, 5.74) is 0.871. The lowest BCUT2D eigenvalue weighted by atomic mass is 9.78. The topological polar surface area (TPSA) is 26.3 Å². The standard InChI is InChI=1S/C27H30F4O2.C2H5F/c1-2-18-6-8-19(9-7-18)10-11-20-16-23(28)27(24(29)17-20)21-12-14-22(15-13-21)33-26(32)5-3-4-25(30)31;1-2-3/h4,12-19H,2-3,5-11H2,1H3;2H2,1H3. The van der Waals surface area contributed by atoms with E-state index < -0.39 is 23.7 Å². The van der Waals surface area contributed by atoms with Gasteiger partial charge >= 0.3 is 5.97 Å². The van der Waals surface area contributed by atoms with E-state index >= 15 is 0 Å². The normalized spacial score (nSPS) is 17.1. The lowest BCUT2D eigenvalue weighted by Crippen LogP contribution is -2.14. The molecule has 0 heterocycles. The zero-order chi connectivity index (χ0) is 26.5. The van der Waals surface area contributed by atoms with E-state index in [4.69, 9.17) is 4.74 Å². The molecule has 0 bridgehead atoms. The van der Waals surface area contributed by atoms with E-state index in [1.807, 2.05) is 0 Å². The van der Waals surface area contributed by atoms with Crippen LogP contribution in [-0.2, 0) is 11.2 Å². The van der Waals surface area contributed by atoms with Gasteiger partial charge in [0.15, 0.2) is 0 Å². The minimum atomic E-state index is -1.85. The molecule has 2 nitrogen and oxygen atoms in total. The van der Waals surface area contributed by atoms with Crippen LogP contribution in [0.2, 0.25) is 0 Å². The van der Waals surface area contributed by atoms with Crippen LogP contribution >= 0.6 is 0 Å². The first kappa shape index (κ1) is 29.5. The summed E-state index contributed by atoms with van der Waals surface area (Å²) in [5, 5.41) is 0. The molecule has 2 aromatic rings. The van der Waals surface area contributed by atoms with Gasteiger partial charge in [-0.15, -0.1) is 0 Å². The van der Waals surface area contributed by atoms with Crippen molar-refractivity contribution < 1.29 is 31.5 Å². The van der Waals surface area contributed by atoms with Crippen LogP contribution in [0.5, 0.6) is 5.75 Å². The van der Waals surface area contributed by atoms with Crippen LogP contribution in [0.4, 0.5) is 22.0 Å². The van der Waals surface area contributed by atoms with E-state index in [1.54, 1.807) is 0 Å². The van der Waals surface area contributed by atoms with Gasteiger partial charge in [0, 0.05) is 6.42 Å². The minimum Gasteiger partial charge on any atom is -0.427 e. The lowest BCUT2D eigenvalue weighted by molar-refractivity contribution is -0.134. The third kappa shape index (κ3) is 9.75. The van der Waals surface area contributed by atoms with E-state index in [9.17, 15) is 26.7 Å². The summed E-state index contributed by atoms with van der Waals surface area (Å²) in [6.07, 6.45) is 6.22. The SMILES string of the molecule is CCC1CCC(CCc2cc(F)c(-c3ccc(OC(=O)CCC=C(F)F)cc3)c(F)c2)CC1.CCF. The average molecular weight is 511 g/mol. The van der Waals surface area contributed by atoms with Crippen molar-refractivity contribution >= 4 is 5.97 Å². The highest BCUT2D eigenvalue weighted by Crippen LogP contribution is 2.34. The summed E-state index contributed by atoms with van der Waals surface area (Å²) in [7, 11) is 0. The first-order valence-corrected chi connectivity index (χ1v) is 12.6. The van der Waals surface area contributed by atoms with Crippen molar-refractivity contribution in [2.45, 2.75) is 71.6 Å². The summed E-state index contributed by atoms with van der Waals surface area (Å²) in [5.74, 6) is -0.267. The maximum absolute atomic E-state index is 14.8. The number of carbonyl (C=O) groups is 1. The van der Waals surface area contributed by atoms with Crippen molar-refractivity contribution in [3.05, 3.63) is 65.8 Å². The maximum Gasteiger partial charge on any atom is 0.311 e. The highest BCUT2D eigenvalue weighted by atomic mass is 19.3. The molecule has 0 spiro atoms. The molecule has 0 unspecified atom stereocenters. The number of hydrogen-bond acceptors (Lipinski definition) is 2. The van der Waals surface area contributed by atoms with Crippen LogP contribution in [0.25, 0.3) is 11.1 Å². The van der Waals surface area contributed by atoms with Crippen molar-refractivity contribution in [3.8, 4) is 16.9 Å². The molecule has 3 rings (SSSR count). The van der Waals surface area contributed by atoms with Gasteiger partial charge in [0.1, 0.15) is 17.4 Å². The number of rotatable bonds is 9. The Balaban J connectivity index is 0.00000145. The van der Waals surface area contributed by atoms with Gasteiger partial charge in [0.2, 0.25) is 0 Å². The highest BCUT2D eigenvalue weighted by molar-refractivity contribution is 5.73. The zero-order valence-electron chi connectivity index (χ0n) is 21.0. The lowest BCUT2D eigenvalue weighted by Gasteiger charge is -2.27. The summed E-state index contributed by atoms with van der Waals surface area (Å²) in [4.78, 5) is 11.7. The van der Waals surface area contributed by atoms with Gasteiger partial charge in [-0.25, -0.2) is 8.78 Å². The molecule has 1 aliphatic rings. The van der Waals surface area contributed by atoms with E-state index in [2.05, 4.69) is 6.92 Å². The van der Waals surface area contributed by atoms with Crippen molar-refractivity contribution in [3.63, 3.8) is 0 Å². The number of allylic oxidation sites excluding steroid dienone is 1. The van der Waals surface area contributed by atoms with Crippen LogP contribution in [0, 0.1) is 23.5 Å². The molecular weight excluding hydrogens is 475 g/mol. The Morgan fingerprint density at radius 2 is 1.53 bits per heavy atom. The minimum absolute atomic E-state index is 0.122.